The Bertz CT molecular complexity index is 616. The van der Waals surface area contributed by atoms with Gasteiger partial charge in [0.15, 0.2) is 0 Å². The minimum absolute atomic E-state index is 0.237. The van der Waals surface area contributed by atoms with E-state index in [1.54, 1.807) is 13.0 Å². The van der Waals surface area contributed by atoms with Crippen LogP contribution in [0.25, 0.3) is 0 Å². The Hall–Kier alpha value is -0.620. The van der Waals surface area contributed by atoms with Crippen LogP contribution in [0.4, 0.5) is 0 Å². The molecule has 2 atom stereocenters. The third-order valence-electron chi connectivity index (χ3n) is 4.31. The molecule has 4 nitrogen and oxygen atoms in total. The Morgan fingerprint density at radius 3 is 2.67 bits per heavy atom. The Kier molecular flexibility index (Phi) is 5.30. The average molecular weight is 331 g/mol. The molecule has 1 saturated carbocycles. The number of halogens is 1. The van der Waals surface area contributed by atoms with Crippen LogP contribution in [0, 0.1) is 18.8 Å². The first-order chi connectivity index (χ1) is 9.83. The van der Waals surface area contributed by atoms with Crippen LogP contribution in [0.3, 0.4) is 0 Å². The highest BCUT2D eigenvalue weighted by Gasteiger charge is 2.25. The first-order valence-electron chi connectivity index (χ1n) is 7.32. The van der Waals surface area contributed by atoms with Crippen LogP contribution in [0.5, 0.6) is 0 Å². The second-order valence-electron chi connectivity index (χ2n) is 6.03. The molecule has 3 N–H and O–H groups in total. The molecule has 118 valence electrons. The van der Waals surface area contributed by atoms with Gasteiger partial charge in [-0.15, -0.1) is 0 Å². The highest BCUT2D eigenvalue weighted by molar-refractivity contribution is 7.89. The number of benzene rings is 1. The molecule has 1 aliphatic carbocycles. The van der Waals surface area contributed by atoms with Gasteiger partial charge in [0.1, 0.15) is 0 Å². The van der Waals surface area contributed by atoms with Crippen LogP contribution in [-0.4, -0.2) is 15.0 Å². The molecule has 1 aromatic rings. The van der Waals surface area contributed by atoms with Crippen molar-refractivity contribution in [1.82, 2.24) is 4.72 Å². The summed E-state index contributed by atoms with van der Waals surface area (Å²) in [7, 11) is -3.54. The van der Waals surface area contributed by atoms with E-state index in [0.29, 0.717) is 29.0 Å². The maximum absolute atomic E-state index is 12.5. The highest BCUT2D eigenvalue weighted by Crippen LogP contribution is 2.30. The SMILES string of the molecule is Cc1c(CN)cc(Cl)cc1S(=O)(=O)NCC1CCC(C)C1. The Morgan fingerprint density at radius 1 is 1.38 bits per heavy atom. The second-order valence-corrected chi connectivity index (χ2v) is 8.20. The predicted octanol–water partition coefficient (Wildman–Crippen LogP) is 2.82. The Morgan fingerprint density at radius 2 is 2.10 bits per heavy atom. The van der Waals surface area contributed by atoms with Crippen LogP contribution >= 0.6 is 11.6 Å². The molecule has 21 heavy (non-hydrogen) atoms. The van der Waals surface area contributed by atoms with Crippen molar-refractivity contribution in [2.45, 2.75) is 44.6 Å². The second kappa shape index (κ2) is 6.65. The molecular weight excluding hydrogens is 308 g/mol. The van der Waals surface area contributed by atoms with Crippen molar-refractivity contribution in [3.8, 4) is 0 Å². The number of hydrogen-bond acceptors (Lipinski definition) is 3. The van der Waals surface area contributed by atoms with Gasteiger partial charge in [0.25, 0.3) is 0 Å². The fourth-order valence-corrected chi connectivity index (χ4v) is 4.75. The quantitative estimate of drug-likeness (QED) is 0.872. The number of hydrogen-bond donors (Lipinski definition) is 2. The lowest BCUT2D eigenvalue weighted by Gasteiger charge is -2.15. The zero-order chi connectivity index (χ0) is 15.6. The van der Waals surface area contributed by atoms with E-state index in [1.165, 1.54) is 12.5 Å². The van der Waals surface area contributed by atoms with Crippen LogP contribution < -0.4 is 10.5 Å². The maximum atomic E-state index is 12.5. The minimum atomic E-state index is -3.54. The Balaban J connectivity index is 2.17. The predicted molar refractivity (Wildman–Crippen MR) is 85.8 cm³/mol. The molecule has 0 spiro atoms. The molecular formula is C15H23ClN2O2S. The average Bonchev–Trinajstić information content (AvgIpc) is 2.84. The van der Waals surface area contributed by atoms with E-state index >= 15 is 0 Å². The molecule has 0 radical (unpaired) electrons. The third kappa shape index (κ3) is 3.97. The number of nitrogens with one attached hydrogen (secondary N) is 1. The molecule has 1 aliphatic rings. The lowest BCUT2D eigenvalue weighted by atomic mass is 10.1. The molecule has 1 aromatic carbocycles. The highest BCUT2D eigenvalue weighted by atomic mass is 35.5. The number of nitrogens with two attached hydrogens (primary N) is 1. The summed E-state index contributed by atoms with van der Waals surface area (Å²) in [5.41, 5.74) is 7.08. The minimum Gasteiger partial charge on any atom is -0.326 e. The molecule has 2 unspecified atom stereocenters. The van der Waals surface area contributed by atoms with E-state index in [9.17, 15) is 8.42 Å². The molecule has 0 aliphatic heterocycles. The molecule has 1 fully saturated rings. The topological polar surface area (TPSA) is 72.2 Å². The van der Waals surface area contributed by atoms with Crippen molar-refractivity contribution in [3.05, 3.63) is 28.3 Å². The molecule has 0 saturated heterocycles. The van der Waals surface area contributed by atoms with Gasteiger partial charge in [-0.3, -0.25) is 0 Å². The molecule has 0 amide bonds. The molecule has 6 heteroatoms. The van der Waals surface area contributed by atoms with Crippen molar-refractivity contribution < 1.29 is 8.42 Å². The van der Waals surface area contributed by atoms with Gasteiger partial charge in [0.2, 0.25) is 10.0 Å². The van der Waals surface area contributed by atoms with Crippen molar-refractivity contribution in [1.29, 1.82) is 0 Å². The maximum Gasteiger partial charge on any atom is 0.240 e. The van der Waals surface area contributed by atoms with Gasteiger partial charge in [-0.1, -0.05) is 24.9 Å². The fourth-order valence-electron chi connectivity index (χ4n) is 3.01. The van der Waals surface area contributed by atoms with Crippen molar-refractivity contribution in [2.24, 2.45) is 17.6 Å². The normalized spacial score (nSPS) is 22.7. The third-order valence-corrected chi connectivity index (χ3v) is 6.08. The summed E-state index contributed by atoms with van der Waals surface area (Å²) in [6.07, 6.45) is 3.36. The van der Waals surface area contributed by atoms with Crippen molar-refractivity contribution >= 4 is 21.6 Å². The van der Waals surface area contributed by atoms with Gasteiger partial charge in [0.05, 0.1) is 4.90 Å². The summed E-state index contributed by atoms with van der Waals surface area (Å²) in [6.45, 7) is 4.75. The molecule has 0 bridgehead atoms. The summed E-state index contributed by atoms with van der Waals surface area (Å²) in [6, 6.07) is 3.21. The van der Waals surface area contributed by atoms with E-state index in [0.717, 1.165) is 18.4 Å². The van der Waals surface area contributed by atoms with E-state index in [-0.39, 0.29) is 11.4 Å². The zero-order valence-electron chi connectivity index (χ0n) is 12.5. The van der Waals surface area contributed by atoms with Crippen LogP contribution in [-0.2, 0) is 16.6 Å². The van der Waals surface area contributed by atoms with Gasteiger partial charge < -0.3 is 5.73 Å². The summed E-state index contributed by atoms with van der Waals surface area (Å²) in [4.78, 5) is 0.237. The first-order valence-corrected chi connectivity index (χ1v) is 9.18. The van der Waals surface area contributed by atoms with E-state index in [2.05, 4.69) is 11.6 Å². The smallest absolute Gasteiger partial charge is 0.240 e. The van der Waals surface area contributed by atoms with Crippen molar-refractivity contribution in [3.63, 3.8) is 0 Å². The summed E-state index contributed by atoms with van der Waals surface area (Å²) in [5, 5.41) is 0.399. The molecule has 0 heterocycles. The monoisotopic (exact) mass is 330 g/mol. The fraction of sp³-hybridized carbons (Fsp3) is 0.600. The largest absolute Gasteiger partial charge is 0.326 e. The number of sulfonamides is 1. The standard InChI is InChI=1S/C15H23ClN2O2S/c1-10-3-4-12(5-10)9-18-21(19,20)15-7-14(16)6-13(8-17)11(15)2/h6-7,10,12,18H,3-5,8-9,17H2,1-2H3. The van der Waals surface area contributed by atoms with Gasteiger partial charge in [-0.05, 0) is 54.9 Å². The lowest BCUT2D eigenvalue weighted by molar-refractivity contribution is 0.498. The van der Waals surface area contributed by atoms with Crippen LogP contribution in [0.2, 0.25) is 5.02 Å². The van der Waals surface area contributed by atoms with Gasteiger partial charge in [-0.25, -0.2) is 13.1 Å². The summed E-state index contributed by atoms with van der Waals surface area (Å²) < 4.78 is 27.7. The molecule has 0 aromatic heterocycles. The van der Waals surface area contributed by atoms with Crippen LogP contribution in [0.1, 0.15) is 37.3 Å². The summed E-state index contributed by atoms with van der Waals surface area (Å²) >= 11 is 6.01. The van der Waals surface area contributed by atoms with Gasteiger partial charge in [0, 0.05) is 18.1 Å². The zero-order valence-corrected chi connectivity index (χ0v) is 14.1. The Labute approximate surface area is 132 Å². The van der Waals surface area contributed by atoms with E-state index in [4.69, 9.17) is 17.3 Å². The number of rotatable bonds is 5. The lowest BCUT2D eigenvalue weighted by Crippen LogP contribution is -2.29. The summed E-state index contributed by atoms with van der Waals surface area (Å²) in [5.74, 6) is 1.12. The van der Waals surface area contributed by atoms with Gasteiger partial charge in [-0.2, -0.15) is 0 Å². The van der Waals surface area contributed by atoms with Gasteiger partial charge >= 0.3 is 0 Å². The van der Waals surface area contributed by atoms with E-state index < -0.39 is 10.0 Å². The molecule has 2 rings (SSSR count). The van der Waals surface area contributed by atoms with Crippen LogP contribution in [0.15, 0.2) is 17.0 Å². The first kappa shape index (κ1) is 16.7. The van der Waals surface area contributed by atoms with Crippen molar-refractivity contribution in [2.75, 3.05) is 6.54 Å². The van der Waals surface area contributed by atoms with E-state index in [1.807, 2.05) is 0 Å².